The minimum atomic E-state index is -0.174. The van der Waals surface area contributed by atoms with Gasteiger partial charge in [0.25, 0.3) is 5.91 Å². The zero-order valence-electron chi connectivity index (χ0n) is 15.8. The number of hydrogen-bond donors (Lipinski definition) is 1. The quantitative estimate of drug-likeness (QED) is 0.343. The molecular weight excluding hydrogens is 436 g/mol. The normalized spacial score (nSPS) is 11.1. The number of nitrogens with zero attached hydrogens (tertiary/aromatic N) is 3. The fourth-order valence-corrected chi connectivity index (χ4v) is 5.07. The van der Waals surface area contributed by atoms with Crippen molar-refractivity contribution in [1.29, 1.82) is 0 Å². The standard InChI is InChI=1S/C22H15ClN4OS2/c1-13-17-11-19(30-21(17)27(26-13)16-5-3-2-4-6-16)20(28)25-22-24-18(12-29-22)14-7-9-15(23)10-8-14/h2-12H,1H3,(H,24,25,28). The average molecular weight is 451 g/mol. The molecule has 0 unspecified atom stereocenters. The van der Waals surface area contributed by atoms with Gasteiger partial charge in [0.1, 0.15) is 4.83 Å². The molecule has 0 aliphatic rings. The van der Waals surface area contributed by atoms with Gasteiger partial charge in [-0.25, -0.2) is 9.67 Å². The number of para-hydroxylation sites is 1. The van der Waals surface area contributed by atoms with E-state index in [0.29, 0.717) is 15.0 Å². The van der Waals surface area contributed by atoms with Gasteiger partial charge >= 0.3 is 0 Å². The van der Waals surface area contributed by atoms with Crippen molar-refractivity contribution in [3.63, 3.8) is 0 Å². The molecule has 0 aliphatic carbocycles. The van der Waals surface area contributed by atoms with Crippen molar-refractivity contribution in [2.24, 2.45) is 0 Å². The Morgan fingerprint density at radius 3 is 2.63 bits per heavy atom. The van der Waals surface area contributed by atoms with E-state index in [4.69, 9.17) is 11.6 Å². The Hall–Kier alpha value is -3.00. The number of halogens is 1. The molecule has 148 valence electrons. The second-order valence-electron chi connectivity index (χ2n) is 6.66. The van der Waals surface area contributed by atoms with E-state index in [1.165, 1.54) is 22.7 Å². The lowest BCUT2D eigenvalue weighted by Crippen LogP contribution is -2.09. The summed E-state index contributed by atoms with van der Waals surface area (Å²) in [5.74, 6) is -0.174. The summed E-state index contributed by atoms with van der Waals surface area (Å²) >= 11 is 8.76. The summed E-state index contributed by atoms with van der Waals surface area (Å²) in [5, 5.41) is 11.7. The van der Waals surface area contributed by atoms with E-state index >= 15 is 0 Å². The van der Waals surface area contributed by atoms with E-state index < -0.39 is 0 Å². The molecule has 0 atom stereocenters. The molecule has 1 N–H and O–H groups in total. The maximum atomic E-state index is 12.9. The molecule has 3 aromatic heterocycles. The highest BCUT2D eigenvalue weighted by molar-refractivity contribution is 7.20. The van der Waals surface area contributed by atoms with Crippen LogP contribution < -0.4 is 5.32 Å². The number of nitrogens with one attached hydrogen (secondary N) is 1. The van der Waals surface area contributed by atoms with Crippen LogP contribution in [0.15, 0.2) is 66.0 Å². The number of hydrogen-bond acceptors (Lipinski definition) is 5. The van der Waals surface area contributed by atoms with Crippen molar-refractivity contribution >= 4 is 55.5 Å². The minimum absolute atomic E-state index is 0.174. The Balaban J connectivity index is 1.41. The molecule has 0 radical (unpaired) electrons. The third-order valence-electron chi connectivity index (χ3n) is 4.63. The number of thiophene rings is 1. The van der Waals surface area contributed by atoms with E-state index in [1.807, 2.05) is 77.6 Å². The topological polar surface area (TPSA) is 59.8 Å². The predicted octanol–water partition coefficient (Wildman–Crippen LogP) is 6.42. The number of amides is 1. The van der Waals surface area contributed by atoms with Crippen LogP contribution in [0.2, 0.25) is 5.02 Å². The third kappa shape index (κ3) is 3.52. The van der Waals surface area contributed by atoms with Crippen LogP contribution in [-0.2, 0) is 0 Å². The highest BCUT2D eigenvalue weighted by Gasteiger charge is 2.18. The molecule has 2 aromatic carbocycles. The fourth-order valence-electron chi connectivity index (χ4n) is 3.15. The van der Waals surface area contributed by atoms with Gasteiger partial charge in [0, 0.05) is 21.4 Å². The van der Waals surface area contributed by atoms with E-state index in [0.717, 1.165) is 32.9 Å². The molecule has 3 heterocycles. The van der Waals surface area contributed by atoms with Gasteiger partial charge in [-0.15, -0.1) is 22.7 Å². The van der Waals surface area contributed by atoms with E-state index in [9.17, 15) is 4.79 Å². The Morgan fingerprint density at radius 2 is 1.87 bits per heavy atom. The fraction of sp³-hybridized carbons (Fsp3) is 0.0455. The Kier molecular flexibility index (Phi) is 4.86. The number of carbonyl (C=O) groups is 1. The molecule has 0 fully saturated rings. The smallest absolute Gasteiger partial charge is 0.267 e. The summed E-state index contributed by atoms with van der Waals surface area (Å²) in [6, 6.07) is 19.3. The zero-order valence-corrected chi connectivity index (χ0v) is 18.2. The van der Waals surface area contributed by atoms with Crippen molar-refractivity contribution in [2.45, 2.75) is 6.92 Å². The average Bonchev–Trinajstić information content (AvgIpc) is 3.46. The number of carbonyl (C=O) groups excluding carboxylic acids is 1. The number of benzene rings is 2. The van der Waals surface area contributed by atoms with Crippen LogP contribution in [0, 0.1) is 6.92 Å². The van der Waals surface area contributed by atoms with Gasteiger partial charge in [-0.3, -0.25) is 10.1 Å². The van der Waals surface area contributed by atoms with Crippen molar-refractivity contribution < 1.29 is 4.79 Å². The number of fused-ring (bicyclic) bond motifs is 1. The molecule has 30 heavy (non-hydrogen) atoms. The second-order valence-corrected chi connectivity index (χ2v) is 8.99. The van der Waals surface area contributed by atoms with Crippen LogP contribution in [0.25, 0.3) is 27.2 Å². The molecule has 5 nitrogen and oxygen atoms in total. The summed E-state index contributed by atoms with van der Waals surface area (Å²) in [5.41, 5.74) is 3.62. The summed E-state index contributed by atoms with van der Waals surface area (Å²) in [4.78, 5) is 19.0. The summed E-state index contributed by atoms with van der Waals surface area (Å²) in [6.07, 6.45) is 0. The van der Waals surface area contributed by atoms with Gasteiger partial charge in [0.05, 0.1) is 22.0 Å². The third-order valence-corrected chi connectivity index (χ3v) is 6.75. The van der Waals surface area contributed by atoms with E-state index in [1.54, 1.807) is 0 Å². The Labute approximate surface area is 185 Å². The molecule has 0 saturated carbocycles. The number of aryl methyl sites for hydroxylation is 1. The molecule has 0 aliphatic heterocycles. The number of thiazole rings is 1. The molecule has 0 bridgehead atoms. The van der Waals surface area contributed by atoms with Gasteiger partial charge in [0.15, 0.2) is 5.13 Å². The predicted molar refractivity (Wildman–Crippen MR) is 124 cm³/mol. The Bertz CT molecular complexity index is 1350. The molecular formula is C22H15ClN4OS2. The molecule has 5 rings (SSSR count). The van der Waals surface area contributed by atoms with Crippen molar-refractivity contribution in [1.82, 2.24) is 14.8 Å². The van der Waals surface area contributed by atoms with Crippen LogP contribution in [0.3, 0.4) is 0 Å². The first kappa shape index (κ1) is 19.0. The number of anilines is 1. The van der Waals surface area contributed by atoms with Gasteiger partial charge in [0.2, 0.25) is 0 Å². The van der Waals surface area contributed by atoms with Crippen molar-refractivity contribution in [2.75, 3.05) is 5.32 Å². The van der Waals surface area contributed by atoms with Crippen LogP contribution in [0.1, 0.15) is 15.4 Å². The number of rotatable bonds is 4. The molecule has 1 amide bonds. The molecule has 0 saturated heterocycles. The lowest BCUT2D eigenvalue weighted by atomic mass is 10.2. The van der Waals surface area contributed by atoms with Gasteiger partial charge in [-0.1, -0.05) is 41.9 Å². The molecule has 8 heteroatoms. The van der Waals surface area contributed by atoms with Crippen LogP contribution in [0.5, 0.6) is 0 Å². The van der Waals surface area contributed by atoms with Crippen LogP contribution >= 0.6 is 34.3 Å². The van der Waals surface area contributed by atoms with Crippen molar-refractivity contribution in [3.8, 4) is 16.9 Å². The number of aromatic nitrogens is 3. The van der Waals surface area contributed by atoms with E-state index in [2.05, 4.69) is 15.4 Å². The first-order chi connectivity index (χ1) is 14.6. The maximum Gasteiger partial charge on any atom is 0.267 e. The molecule has 0 spiro atoms. The zero-order chi connectivity index (χ0) is 20.7. The first-order valence-electron chi connectivity index (χ1n) is 9.16. The summed E-state index contributed by atoms with van der Waals surface area (Å²) in [7, 11) is 0. The second kappa shape index (κ2) is 7.68. The lowest BCUT2D eigenvalue weighted by Gasteiger charge is -2.01. The van der Waals surface area contributed by atoms with Gasteiger partial charge in [-0.05, 0) is 37.3 Å². The van der Waals surface area contributed by atoms with Gasteiger partial charge in [-0.2, -0.15) is 5.10 Å². The largest absolute Gasteiger partial charge is 0.297 e. The van der Waals surface area contributed by atoms with Crippen LogP contribution in [-0.4, -0.2) is 20.7 Å². The maximum absolute atomic E-state index is 12.9. The van der Waals surface area contributed by atoms with Crippen LogP contribution in [0.4, 0.5) is 5.13 Å². The van der Waals surface area contributed by atoms with Gasteiger partial charge < -0.3 is 0 Å². The molecule has 5 aromatic rings. The Morgan fingerprint density at radius 1 is 1.10 bits per heavy atom. The first-order valence-corrected chi connectivity index (χ1v) is 11.2. The highest BCUT2D eigenvalue weighted by Crippen LogP contribution is 2.32. The SMILES string of the molecule is Cc1nn(-c2ccccc2)c2sc(C(=O)Nc3nc(-c4ccc(Cl)cc4)cs3)cc12. The van der Waals surface area contributed by atoms with Crippen molar-refractivity contribution in [3.05, 3.63) is 81.6 Å². The minimum Gasteiger partial charge on any atom is -0.297 e. The summed E-state index contributed by atoms with van der Waals surface area (Å²) in [6.45, 7) is 1.95. The van der Waals surface area contributed by atoms with E-state index in [-0.39, 0.29) is 5.91 Å². The summed E-state index contributed by atoms with van der Waals surface area (Å²) < 4.78 is 1.88. The highest BCUT2D eigenvalue weighted by atomic mass is 35.5. The lowest BCUT2D eigenvalue weighted by molar-refractivity contribution is 0.103. The monoisotopic (exact) mass is 450 g/mol.